The molecule has 0 bridgehead atoms. The lowest BCUT2D eigenvalue weighted by Crippen LogP contribution is -2.41. The Morgan fingerprint density at radius 3 is 2.81 bits per heavy atom. The van der Waals surface area contributed by atoms with E-state index in [1.807, 2.05) is 0 Å². The maximum absolute atomic E-state index is 11.4. The first-order valence-electron chi connectivity index (χ1n) is 7.49. The predicted octanol–water partition coefficient (Wildman–Crippen LogP) is 0.148. The molecule has 4 N–H and O–H groups in total. The minimum absolute atomic E-state index is 0.308. The van der Waals surface area contributed by atoms with Crippen molar-refractivity contribution in [3.05, 3.63) is 0 Å². The third-order valence-electron chi connectivity index (χ3n) is 1.08. The van der Waals surface area contributed by atoms with E-state index in [1.165, 1.54) is 0 Å². The lowest BCUT2D eigenvalue weighted by atomic mass is 10.1. The molecule has 0 aliphatic heterocycles. The lowest BCUT2D eigenvalue weighted by Gasteiger charge is -2.12. The number of hydrogen-bond donors (Lipinski definition) is 3. The lowest BCUT2D eigenvalue weighted by molar-refractivity contribution is -0.141. The van der Waals surface area contributed by atoms with Crippen LogP contribution in [0.25, 0.3) is 0 Å². The molecule has 7 heteroatoms. The molecule has 0 rings (SSSR count). The Balaban J connectivity index is 6.20. The standard InChI is InChI=1S/C9H16IN3O3/c1-6(11)12-4-2-3-7(9(15)16)13-8(14)5-10/h7H,2-5H2,1H3,(H2,11,12)(H,13,14)(H,15,16)/i2D2,3D2,4D2,7D. The number of aliphatic imine (C=N–C) groups is 1. The summed E-state index contributed by atoms with van der Waals surface area (Å²) in [5, 5.41) is 10.7. The smallest absolute Gasteiger partial charge is 0.326 e. The van der Waals surface area contributed by atoms with Crippen molar-refractivity contribution in [2.75, 3.05) is 10.9 Å². The van der Waals surface area contributed by atoms with Gasteiger partial charge in [-0.25, -0.2) is 4.79 Å². The van der Waals surface area contributed by atoms with Gasteiger partial charge in [0, 0.05) is 12.0 Å². The molecule has 0 spiro atoms. The summed E-state index contributed by atoms with van der Waals surface area (Å²) < 4.78 is 53.4. The minimum atomic E-state index is -3.70. The first kappa shape index (κ1) is 6.77. The zero-order valence-corrected chi connectivity index (χ0v) is 10.5. The van der Waals surface area contributed by atoms with Crippen LogP contribution >= 0.6 is 22.6 Å². The number of amidine groups is 1. The highest BCUT2D eigenvalue weighted by Gasteiger charge is 2.18. The molecule has 6 nitrogen and oxygen atoms in total. The molecule has 0 aromatic carbocycles. The highest BCUT2D eigenvalue weighted by atomic mass is 127. The molecular weight excluding hydrogens is 325 g/mol. The van der Waals surface area contributed by atoms with E-state index >= 15 is 0 Å². The van der Waals surface area contributed by atoms with Crippen LogP contribution in [0, 0.1) is 0 Å². The highest BCUT2D eigenvalue weighted by molar-refractivity contribution is 14.1. The average Bonchev–Trinajstić information content (AvgIpc) is 2.35. The van der Waals surface area contributed by atoms with Crippen LogP contribution in [0.4, 0.5) is 0 Å². The number of nitrogens with one attached hydrogen (secondary N) is 1. The van der Waals surface area contributed by atoms with Gasteiger partial charge in [0.1, 0.15) is 6.02 Å². The van der Waals surface area contributed by atoms with Crippen molar-refractivity contribution in [1.82, 2.24) is 5.32 Å². The first-order valence-corrected chi connectivity index (χ1v) is 5.51. The summed E-state index contributed by atoms with van der Waals surface area (Å²) in [7, 11) is 0. The quantitative estimate of drug-likeness (QED) is 0.264. The number of nitrogens with zero attached hydrogens (tertiary/aromatic N) is 1. The second kappa shape index (κ2) is 8.31. The summed E-state index contributed by atoms with van der Waals surface area (Å²) >= 11 is 1.54. The van der Waals surface area contributed by atoms with E-state index in [-0.39, 0.29) is 4.43 Å². The van der Waals surface area contributed by atoms with Crippen LogP contribution in [-0.4, -0.2) is 39.8 Å². The fourth-order valence-electron chi connectivity index (χ4n) is 0.518. The number of carbonyl (C=O) groups excluding carboxylic acids is 1. The van der Waals surface area contributed by atoms with Gasteiger partial charge in [-0.2, -0.15) is 0 Å². The third kappa shape index (κ3) is 7.43. The Bertz CT molecular complexity index is 525. The fraction of sp³-hybridized carbons (Fsp3) is 0.667. The summed E-state index contributed by atoms with van der Waals surface area (Å²) in [6, 6.07) is -3.48. The summed E-state index contributed by atoms with van der Waals surface area (Å²) in [6.07, 6.45) is -7.31. The number of halogens is 1. The second-order valence-electron chi connectivity index (χ2n) is 2.48. The highest BCUT2D eigenvalue weighted by Crippen LogP contribution is 1.99. The maximum atomic E-state index is 11.4. The minimum Gasteiger partial charge on any atom is -0.480 e. The van der Waals surface area contributed by atoms with Gasteiger partial charge in [-0.05, 0) is 19.7 Å². The Labute approximate surface area is 118 Å². The van der Waals surface area contributed by atoms with Crippen LogP contribution in [0.2, 0.25) is 0 Å². The molecule has 92 valence electrons. The summed E-state index contributed by atoms with van der Waals surface area (Å²) in [6.45, 7) is -2.15. The Kier molecular flexibility index (Phi) is 3.52. The van der Waals surface area contributed by atoms with Crippen LogP contribution in [0.5, 0.6) is 0 Å². The van der Waals surface area contributed by atoms with E-state index in [4.69, 9.17) is 20.4 Å². The molecule has 1 atom stereocenters. The Morgan fingerprint density at radius 1 is 1.75 bits per heavy atom. The zero-order valence-electron chi connectivity index (χ0n) is 15.4. The largest absolute Gasteiger partial charge is 0.480 e. The molecule has 0 saturated heterocycles. The normalized spacial score (nSPS) is 24.4. The van der Waals surface area contributed by atoms with Crippen LogP contribution in [-0.2, 0) is 9.59 Å². The Morgan fingerprint density at radius 2 is 2.38 bits per heavy atom. The zero-order chi connectivity index (χ0) is 18.9. The maximum Gasteiger partial charge on any atom is 0.326 e. The van der Waals surface area contributed by atoms with E-state index < -0.39 is 43.0 Å². The summed E-state index contributed by atoms with van der Waals surface area (Å²) in [4.78, 5) is 25.9. The number of rotatable bonds is 7. The van der Waals surface area contributed by atoms with Crippen molar-refractivity contribution in [3.63, 3.8) is 0 Å². The number of alkyl halides is 1. The van der Waals surface area contributed by atoms with Crippen LogP contribution in [0.3, 0.4) is 0 Å². The molecule has 0 aromatic heterocycles. The molecule has 16 heavy (non-hydrogen) atoms. The monoisotopic (exact) mass is 348 g/mol. The van der Waals surface area contributed by atoms with E-state index in [0.717, 1.165) is 6.92 Å². The topological polar surface area (TPSA) is 105 Å². The molecule has 0 aliphatic rings. The second-order valence-corrected chi connectivity index (χ2v) is 3.24. The van der Waals surface area contributed by atoms with Gasteiger partial charge in [0.05, 0.1) is 14.4 Å². The van der Waals surface area contributed by atoms with Crippen LogP contribution in [0.1, 0.15) is 29.3 Å². The van der Waals surface area contributed by atoms with Crippen LogP contribution in [0.15, 0.2) is 4.99 Å². The number of carbonyl (C=O) groups is 2. The number of carboxylic acids is 1. The number of amides is 1. The molecule has 0 radical (unpaired) electrons. The van der Waals surface area contributed by atoms with Gasteiger partial charge in [-0.3, -0.25) is 9.79 Å². The summed E-state index contributed by atoms with van der Waals surface area (Å²) in [5.74, 6) is -3.62. The molecule has 0 heterocycles. The van der Waals surface area contributed by atoms with Crippen molar-refractivity contribution >= 4 is 40.3 Å². The van der Waals surface area contributed by atoms with Gasteiger partial charge >= 0.3 is 5.97 Å². The predicted molar refractivity (Wildman–Crippen MR) is 69.9 cm³/mol. The van der Waals surface area contributed by atoms with Crippen LogP contribution < -0.4 is 11.1 Å². The summed E-state index contributed by atoms with van der Waals surface area (Å²) in [5.41, 5.74) is 5.18. The van der Waals surface area contributed by atoms with Gasteiger partial charge in [0.25, 0.3) is 0 Å². The molecule has 0 aromatic rings. The number of aliphatic carboxylic acids is 1. The molecule has 0 saturated carbocycles. The van der Waals surface area contributed by atoms with Gasteiger partial charge in [-0.15, -0.1) is 0 Å². The van der Waals surface area contributed by atoms with Gasteiger partial charge in [0.15, 0.2) is 0 Å². The third-order valence-corrected chi connectivity index (χ3v) is 1.77. The van der Waals surface area contributed by atoms with Crippen molar-refractivity contribution in [3.8, 4) is 0 Å². The number of carboxylic acid groups (broad SMARTS) is 1. The van der Waals surface area contributed by atoms with Gasteiger partial charge in [0.2, 0.25) is 5.91 Å². The Hall–Kier alpha value is -0.860. The molecule has 1 amide bonds. The number of nitrogens with two attached hydrogens (primary N) is 1. The van der Waals surface area contributed by atoms with Gasteiger partial charge in [-0.1, -0.05) is 22.6 Å². The van der Waals surface area contributed by atoms with Crippen molar-refractivity contribution in [2.45, 2.75) is 25.7 Å². The molecule has 0 fully saturated rings. The van der Waals surface area contributed by atoms with E-state index in [2.05, 4.69) is 4.99 Å². The van der Waals surface area contributed by atoms with Gasteiger partial charge < -0.3 is 16.2 Å². The van der Waals surface area contributed by atoms with E-state index in [1.54, 1.807) is 27.9 Å². The van der Waals surface area contributed by atoms with E-state index in [9.17, 15) is 9.59 Å². The van der Waals surface area contributed by atoms with Crippen molar-refractivity contribution in [1.29, 1.82) is 0 Å². The molecular formula is C9H16IN3O3. The fourth-order valence-corrected chi connectivity index (χ4v) is 0.708. The molecule has 1 unspecified atom stereocenters. The van der Waals surface area contributed by atoms with Crippen molar-refractivity contribution in [2.24, 2.45) is 10.7 Å². The first-order chi connectivity index (χ1) is 10.1. The SMILES string of the molecule is [2H]C([2H])(N=C(C)N)C([2H])([2H])C([2H])([2H])C([2H])(NC(=O)CI)C(=O)O. The van der Waals surface area contributed by atoms with Crippen molar-refractivity contribution < 1.29 is 24.3 Å². The molecule has 0 aliphatic carbocycles. The number of hydrogen-bond acceptors (Lipinski definition) is 3. The van der Waals surface area contributed by atoms with E-state index in [0.29, 0.717) is 0 Å². The average molecular weight is 348 g/mol.